The molecule has 374 valence electrons. The van der Waals surface area contributed by atoms with Crippen molar-refractivity contribution in [3.8, 4) is 22.3 Å². The number of ether oxygens (including phenoxy) is 1. The highest BCUT2D eigenvalue weighted by Gasteiger charge is 2.38. The van der Waals surface area contributed by atoms with Gasteiger partial charge in [-0.25, -0.2) is 9.59 Å². The molecule has 0 fully saturated rings. The number of fused-ring (bicyclic) bond motifs is 2. The normalized spacial score (nSPS) is 15.2. The van der Waals surface area contributed by atoms with Gasteiger partial charge in [0, 0.05) is 109 Å². The van der Waals surface area contributed by atoms with E-state index >= 15 is 0 Å². The second-order valence-electron chi connectivity index (χ2n) is 17.9. The van der Waals surface area contributed by atoms with E-state index in [-0.39, 0.29) is 67.7 Å². The van der Waals surface area contributed by atoms with Gasteiger partial charge < -0.3 is 19.6 Å². The molecule has 2 amide bonds. The molecule has 2 aliphatic rings. The minimum atomic E-state index is -1.06. The van der Waals surface area contributed by atoms with Gasteiger partial charge in [0.25, 0.3) is 11.8 Å². The zero-order valence-corrected chi connectivity index (χ0v) is 41.8. The highest BCUT2D eigenvalue weighted by molar-refractivity contribution is 6.31. The zero-order chi connectivity index (χ0) is 52.6. The van der Waals surface area contributed by atoms with Crippen LogP contribution in [0.5, 0.6) is 0 Å². The smallest absolute Gasteiger partial charge is 0.338 e. The molecular formula is C59H46Cl2N6O8. The molecule has 4 aromatic carbocycles. The van der Waals surface area contributed by atoms with Crippen LogP contribution in [0.2, 0.25) is 10.0 Å². The Hall–Kier alpha value is -8.72. The van der Waals surface area contributed by atoms with E-state index in [0.717, 1.165) is 11.1 Å². The van der Waals surface area contributed by atoms with Crippen LogP contribution < -0.4 is 0 Å². The summed E-state index contributed by atoms with van der Waals surface area (Å²) in [6.07, 6.45) is 10.5. The van der Waals surface area contributed by atoms with Crippen molar-refractivity contribution in [2.45, 2.75) is 50.9 Å². The van der Waals surface area contributed by atoms with Gasteiger partial charge in [0.05, 0.1) is 30.3 Å². The number of methoxy groups -OCH3 is 1. The Bertz CT molecular complexity index is 3460. The first-order valence-electron chi connectivity index (χ1n) is 23.8. The average molecular weight is 1040 g/mol. The quantitative estimate of drug-likeness (QED) is 0.114. The number of ketones is 2. The largest absolute Gasteiger partial charge is 0.478 e. The van der Waals surface area contributed by atoms with Crippen LogP contribution >= 0.6 is 23.2 Å². The van der Waals surface area contributed by atoms with Crippen molar-refractivity contribution < 1.29 is 38.6 Å². The van der Waals surface area contributed by atoms with Crippen molar-refractivity contribution in [3.05, 3.63) is 237 Å². The number of Topliss-reactive ketones (excluding diaryl/α,β-unsaturated/α-hetero) is 2. The molecule has 10 rings (SSSR count). The maximum atomic E-state index is 13.9. The number of amides is 2. The van der Waals surface area contributed by atoms with E-state index < -0.39 is 24.0 Å². The van der Waals surface area contributed by atoms with Gasteiger partial charge >= 0.3 is 11.9 Å². The summed E-state index contributed by atoms with van der Waals surface area (Å²) in [5, 5.41) is 10.7. The molecule has 75 heavy (non-hydrogen) atoms. The number of carbonyl (C=O) groups is 6. The molecule has 0 saturated heterocycles. The van der Waals surface area contributed by atoms with E-state index in [2.05, 4.69) is 19.9 Å². The molecule has 8 aromatic rings. The lowest BCUT2D eigenvalue weighted by molar-refractivity contribution is -0.123. The first-order valence-corrected chi connectivity index (χ1v) is 24.5. The molecule has 0 radical (unpaired) electrons. The maximum Gasteiger partial charge on any atom is 0.338 e. The first-order chi connectivity index (χ1) is 36.3. The lowest BCUT2D eigenvalue weighted by Crippen LogP contribution is -2.45. The van der Waals surface area contributed by atoms with Crippen LogP contribution in [0.3, 0.4) is 0 Å². The number of hydrogen-bond donors (Lipinski definition) is 1. The molecule has 2 aliphatic heterocycles. The second-order valence-corrected chi connectivity index (χ2v) is 18.7. The van der Waals surface area contributed by atoms with Gasteiger partial charge in [-0.2, -0.15) is 0 Å². The molecule has 0 bridgehead atoms. The lowest BCUT2D eigenvalue weighted by atomic mass is 9.96. The standard InChI is InChI=1S/C30H24ClN3O4.C29H22ClN3O4/c1-38-30(37)25-7-5-19(14-26(25)20-9-12-32-13-10-20)18-34-27(17-23-4-2-3-11-33-23)28(35)16-21-15-22(31)6-8-24(21)29(34)36;30-21-5-7-23-20(14-21)15-27(34)26(16-22-3-1-2-10-32-22)33(28(23)35)17-18-4-6-24(29(36)37)25(13-18)19-8-11-31-12-9-19/h2-15,27H,16-18H2,1H3;1-14,26H,15-17H2,(H,36,37)/t27-;26-/m11/s1. The van der Waals surface area contributed by atoms with Crippen LogP contribution in [0.1, 0.15) is 75.1 Å². The molecule has 0 aliphatic carbocycles. The summed E-state index contributed by atoms with van der Waals surface area (Å²) < 4.78 is 4.99. The molecule has 0 spiro atoms. The SMILES string of the molecule is COC(=O)c1ccc(CN2C(=O)c3ccc(Cl)cc3CC(=O)[C@H]2Cc2ccccn2)cc1-c1ccncc1.O=C(O)c1ccc(CN2C(=O)c3ccc(Cl)cc3CC(=O)[C@H]2Cc2ccccn2)cc1-c1ccncc1. The average Bonchev–Trinajstić information content (AvgIpc) is 3.58. The summed E-state index contributed by atoms with van der Waals surface area (Å²) in [4.78, 5) is 99.3. The molecular weight excluding hydrogens is 992 g/mol. The Balaban J connectivity index is 0.000000184. The van der Waals surface area contributed by atoms with Gasteiger partial charge in [-0.05, 0) is 154 Å². The number of halogens is 2. The highest BCUT2D eigenvalue weighted by Crippen LogP contribution is 2.32. The number of aromatic carboxylic acids is 1. The lowest BCUT2D eigenvalue weighted by Gasteiger charge is -2.29. The van der Waals surface area contributed by atoms with Crippen molar-refractivity contribution in [2.24, 2.45) is 0 Å². The third-order valence-corrected chi connectivity index (χ3v) is 13.6. The molecule has 4 aromatic heterocycles. The van der Waals surface area contributed by atoms with Crippen LogP contribution in [0.15, 0.2) is 171 Å². The van der Waals surface area contributed by atoms with E-state index in [1.54, 1.807) is 138 Å². The Labute approximate surface area is 441 Å². The van der Waals surface area contributed by atoms with Gasteiger partial charge in [-0.1, -0.05) is 47.5 Å². The van der Waals surface area contributed by atoms with Gasteiger partial charge in [-0.3, -0.25) is 39.1 Å². The molecule has 0 saturated carbocycles. The fourth-order valence-electron chi connectivity index (χ4n) is 9.42. The number of carboxylic acid groups (broad SMARTS) is 1. The summed E-state index contributed by atoms with van der Waals surface area (Å²) in [5.41, 5.74) is 8.11. The van der Waals surface area contributed by atoms with Crippen molar-refractivity contribution in [1.82, 2.24) is 29.7 Å². The molecule has 6 heterocycles. The van der Waals surface area contributed by atoms with E-state index in [1.165, 1.54) is 13.2 Å². The highest BCUT2D eigenvalue weighted by atomic mass is 35.5. The van der Waals surface area contributed by atoms with Crippen LogP contribution in [0, 0.1) is 0 Å². The Kier molecular flexibility index (Phi) is 15.7. The number of pyridine rings is 4. The number of nitrogens with zero attached hydrogens (tertiary/aromatic N) is 6. The number of aromatic nitrogens is 4. The van der Waals surface area contributed by atoms with Crippen molar-refractivity contribution in [2.75, 3.05) is 7.11 Å². The minimum absolute atomic E-state index is 0.0792. The summed E-state index contributed by atoms with van der Waals surface area (Å²) >= 11 is 12.4. The van der Waals surface area contributed by atoms with Crippen LogP contribution in [-0.4, -0.2) is 89.4 Å². The number of benzene rings is 4. The zero-order valence-electron chi connectivity index (χ0n) is 40.3. The summed E-state index contributed by atoms with van der Waals surface area (Å²) in [6, 6.07) is 36.8. The summed E-state index contributed by atoms with van der Waals surface area (Å²) in [6.45, 7) is 0.270. The van der Waals surface area contributed by atoms with Gasteiger partial charge in [0.1, 0.15) is 0 Å². The molecule has 0 unspecified atom stereocenters. The number of hydrogen-bond acceptors (Lipinski definition) is 11. The Morgan fingerprint density at radius 2 is 0.987 bits per heavy atom. The fraction of sp³-hybridized carbons (Fsp3) is 0.153. The molecule has 14 nitrogen and oxygen atoms in total. The summed E-state index contributed by atoms with van der Waals surface area (Å²) in [5.74, 6) is -2.28. The van der Waals surface area contributed by atoms with Crippen LogP contribution in [0.25, 0.3) is 22.3 Å². The van der Waals surface area contributed by atoms with Gasteiger partial charge in [0.2, 0.25) is 0 Å². The van der Waals surface area contributed by atoms with Crippen molar-refractivity contribution in [1.29, 1.82) is 0 Å². The second kappa shape index (κ2) is 23.0. The first kappa shape index (κ1) is 51.2. The van der Waals surface area contributed by atoms with E-state index in [1.807, 2.05) is 36.4 Å². The van der Waals surface area contributed by atoms with E-state index in [4.69, 9.17) is 27.9 Å². The number of esters is 1. The van der Waals surface area contributed by atoms with E-state index in [9.17, 15) is 33.9 Å². The topological polar surface area (TPSA) is 190 Å². The predicted molar refractivity (Wildman–Crippen MR) is 281 cm³/mol. The third-order valence-electron chi connectivity index (χ3n) is 13.1. The number of rotatable bonds is 12. The van der Waals surface area contributed by atoms with Gasteiger partial charge in [0.15, 0.2) is 11.6 Å². The Morgan fingerprint density at radius 1 is 0.547 bits per heavy atom. The molecule has 1 N–H and O–H groups in total. The van der Waals surface area contributed by atoms with Crippen molar-refractivity contribution in [3.63, 3.8) is 0 Å². The van der Waals surface area contributed by atoms with Gasteiger partial charge in [-0.15, -0.1) is 0 Å². The Morgan fingerprint density at radius 3 is 1.40 bits per heavy atom. The number of carbonyl (C=O) groups excluding carboxylic acids is 5. The van der Waals surface area contributed by atoms with Crippen molar-refractivity contribution >= 4 is 58.5 Å². The summed E-state index contributed by atoms with van der Waals surface area (Å²) in [7, 11) is 1.33. The van der Waals surface area contributed by atoms with Crippen LogP contribution in [0.4, 0.5) is 0 Å². The van der Waals surface area contributed by atoms with Crippen LogP contribution in [-0.2, 0) is 53.1 Å². The monoisotopic (exact) mass is 1040 g/mol. The third kappa shape index (κ3) is 11.7. The predicted octanol–water partition coefficient (Wildman–Crippen LogP) is 9.84. The molecule has 16 heteroatoms. The number of carboxylic acids is 1. The fourth-order valence-corrected chi connectivity index (χ4v) is 9.81. The maximum absolute atomic E-state index is 13.9. The van der Waals surface area contributed by atoms with E-state index in [0.29, 0.717) is 71.5 Å². The minimum Gasteiger partial charge on any atom is -0.478 e. The molecule has 2 atom stereocenters.